The molecule has 3 aromatic carbocycles. The van der Waals surface area contributed by atoms with E-state index in [4.69, 9.17) is 4.98 Å². The van der Waals surface area contributed by atoms with E-state index in [1.54, 1.807) is 34.5 Å². The van der Waals surface area contributed by atoms with Crippen molar-refractivity contribution in [1.29, 1.82) is 0 Å². The first kappa shape index (κ1) is 20.1. The van der Waals surface area contributed by atoms with E-state index in [0.717, 1.165) is 23.3 Å². The SMILES string of the molecule is O=c1cc(-c2ccccc2)nc(SCCc2ccccc2)n1Cc1ccc(F)cc1. The van der Waals surface area contributed by atoms with Crippen molar-refractivity contribution in [3.05, 3.63) is 118 Å². The smallest absolute Gasteiger partial charge is 0.255 e. The molecule has 4 rings (SSSR count). The van der Waals surface area contributed by atoms with Crippen molar-refractivity contribution in [1.82, 2.24) is 9.55 Å². The molecule has 0 bridgehead atoms. The number of thioether (sulfide) groups is 1. The van der Waals surface area contributed by atoms with Gasteiger partial charge in [-0.3, -0.25) is 9.36 Å². The number of aromatic nitrogens is 2. The molecule has 0 spiro atoms. The highest BCUT2D eigenvalue weighted by Crippen LogP contribution is 2.22. The Morgan fingerprint density at radius 3 is 2.20 bits per heavy atom. The van der Waals surface area contributed by atoms with Gasteiger partial charge in [-0.25, -0.2) is 9.37 Å². The standard InChI is InChI=1S/C25H21FN2OS/c26-22-13-11-20(12-14-22)18-28-24(29)17-23(21-9-5-2-6-10-21)27-25(28)30-16-15-19-7-3-1-4-8-19/h1-14,17H,15-16,18H2. The fourth-order valence-electron chi connectivity index (χ4n) is 3.17. The van der Waals surface area contributed by atoms with Crippen LogP contribution in [0.15, 0.2) is 101 Å². The minimum Gasteiger partial charge on any atom is -0.283 e. The van der Waals surface area contributed by atoms with Crippen molar-refractivity contribution in [3.63, 3.8) is 0 Å². The molecule has 5 heteroatoms. The molecule has 30 heavy (non-hydrogen) atoms. The Kier molecular flexibility index (Phi) is 6.40. The molecule has 150 valence electrons. The summed E-state index contributed by atoms with van der Waals surface area (Å²) in [6, 6.07) is 27.7. The number of aryl methyl sites for hydroxylation is 1. The van der Waals surface area contributed by atoms with Crippen LogP contribution in [0.2, 0.25) is 0 Å². The van der Waals surface area contributed by atoms with E-state index in [1.807, 2.05) is 48.5 Å². The normalized spacial score (nSPS) is 10.8. The molecule has 0 fully saturated rings. The largest absolute Gasteiger partial charge is 0.283 e. The number of nitrogens with zero attached hydrogens (tertiary/aromatic N) is 2. The predicted molar refractivity (Wildman–Crippen MR) is 120 cm³/mol. The Balaban J connectivity index is 1.64. The van der Waals surface area contributed by atoms with Gasteiger partial charge in [-0.15, -0.1) is 0 Å². The van der Waals surface area contributed by atoms with E-state index in [0.29, 0.717) is 17.4 Å². The number of hydrogen-bond donors (Lipinski definition) is 0. The van der Waals surface area contributed by atoms with Gasteiger partial charge in [0.15, 0.2) is 5.16 Å². The molecule has 0 aliphatic heterocycles. The molecule has 0 atom stereocenters. The van der Waals surface area contributed by atoms with Gasteiger partial charge >= 0.3 is 0 Å². The minimum atomic E-state index is -0.291. The Bertz CT molecular complexity index is 1160. The van der Waals surface area contributed by atoms with Crippen LogP contribution in [0, 0.1) is 5.82 Å². The lowest BCUT2D eigenvalue weighted by Gasteiger charge is -2.13. The van der Waals surface area contributed by atoms with E-state index in [2.05, 4.69) is 12.1 Å². The highest BCUT2D eigenvalue weighted by atomic mass is 32.2. The van der Waals surface area contributed by atoms with Gasteiger partial charge in [-0.2, -0.15) is 0 Å². The monoisotopic (exact) mass is 416 g/mol. The maximum atomic E-state index is 13.3. The zero-order valence-electron chi connectivity index (χ0n) is 16.4. The molecule has 0 aliphatic carbocycles. The van der Waals surface area contributed by atoms with Crippen molar-refractivity contribution in [3.8, 4) is 11.3 Å². The van der Waals surface area contributed by atoms with E-state index < -0.39 is 0 Å². The summed E-state index contributed by atoms with van der Waals surface area (Å²) in [6.07, 6.45) is 0.882. The summed E-state index contributed by atoms with van der Waals surface area (Å²) in [5, 5.41) is 0.668. The van der Waals surface area contributed by atoms with Gasteiger partial charge in [0.25, 0.3) is 5.56 Å². The third-order valence-corrected chi connectivity index (χ3v) is 5.74. The van der Waals surface area contributed by atoms with Crippen molar-refractivity contribution in [2.24, 2.45) is 0 Å². The van der Waals surface area contributed by atoms with Crippen LogP contribution < -0.4 is 5.56 Å². The summed E-state index contributed by atoms with van der Waals surface area (Å²) in [6.45, 7) is 0.356. The van der Waals surface area contributed by atoms with Gasteiger partial charge in [0.1, 0.15) is 5.82 Å². The lowest BCUT2D eigenvalue weighted by atomic mass is 10.1. The molecule has 0 unspecified atom stereocenters. The van der Waals surface area contributed by atoms with Gasteiger partial charge in [0.05, 0.1) is 12.2 Å². The van der Waals surface area contributed by atoms with Gasteiger partial charge < -0.3 is 0 Å². The van der Waals surface area contributed by atoms with E-state index >= 15 is 0 Å². The maximum Gasteiger partial charge on any atom is 0.255 e. The highest BCUT2D eigenvalue weighted by Gasteiger charge is 2.12. The molecule has 1 heterocycles. The first-order valence-electron chi connectivity index (χ1n) is 9.77. The molecule has 3 nitrogen and oxygen atoms in total. The summed E-state index contributed by atoms with van der Waals surface area (Å²) >= 11 is 1.57. The summed E-state index contributed by atoms with van der Waals surface area (Å²) < 4.78 is 14.9. The number of halogens is 1. The molecule has 1 aromatic heterocycles. The molecule has 0 radical (unpaired) electrons. The second-order valence-corrected chi connectivity index (χ2v) is 7.99. The summed E-state index contributed by atoms with van der Waals surface area (Å²) in [4.78, 5) is 17.8. The van der Waals surface area contributed by atoms with Gasteiger partial charge in [-0.05, 0) is 29.7 Å². The van der Waals surface area contributed by atoms with Crippen LogP contribution in [0.25, 0.3) is 11.3 Å². The highest BCUT2D eigenvalue weighted by molar-refractivity contribution is 7.99. The lowest BCUT2D eigenvalue weighted by molar-refractivity contribution is 0.621. The number of benzene rings is 3. The summed E-state index contributed by atoms with van der Waals surface area (Å²) in [5.74, 6) is 0.513. The van der Waals surface area contributed by atoms with Crippen LogP contribution in [-0.2, 0) is 13.0 Å². The minimum absolute atomic E-state index is 0.115. The van der Waals surface area contributed by atoms with Crippen LogP contribution in [0.4, 0.5) is 4.39 Å². The van der Waals surface area contributed by atoms with Crippen molar-refractivity contribution >= 4 is 11.8 Å². The Morgan fingerprint density at radius 2 is 1.50 bits per heavy atom. The fourth-order valence-corrected chi connectivity index (χ4v) is 4.17. The molecule has 0 amide bonds. The summed E-state index contributed by atoms with van der Waals surface area (Å²) in [7, 11) is 0. The third-order valence-electron chi connectivity index (χ3n) is 4.76. The van der Waals surface area contributed by atoms with Crippen molar-refractivity contribution in [2.45, 2.75) is 18.1 Å². The number of hydrogen-bond acceptors (Lipinski definition) is 3. The molecule has 0 saturated heterocycles. The molecule has 0 saturated carbocycles. The zero-order valence-corrected chi connectivity index (χ0v) is 17.2. The molecule has 0 N–H and O–H groups in total. The van der Waals surface area contributed by atoms with Crippen LogP contribution in [0.5, 0.6) is 0 Å². The molecule has 4 aromatic rings. The zero-order chi connectivity index (χ0) is 20.8. The van der Waals surface area contributed by atoms with Crippen LogP contribution in [0.1, 0.15) is 11.1 Å². The lowest BCUT2D eigenvalue weighted by Crippen LogP contribution is -2.23. The maximum absolute atomic E-state index is 13.3. The van der Waals surface area contributed by atoms with E-state index in [9.17, 15) is 9.18 Å². The summed E-state index contributed by atoms with van der Waals surface area (Å²) in [5.41, 5.74) is 3.57. The fraction of sp³-hybridized carbons (Fsp3) is 0.120. The van der Waals surface area contributed by atoms with Gasteiger partial charge in [0.2, 0.25) is 0 Å². The Labute approximate surface area is 179 Å². The van der Waals surface area contributed by atoms with E-state index in [-0.39, 0.29) is 11.4 Å². The average molecular weight is 417 g/mol. The molecule has 0 aliphatic rings. The van der Waals surface area contributed by atoms with Crippen LogP contribution in [0.3, 0.4) is 0 Å². The first-order chi connectivity index (χ1) is 14.7. The molecular formula is C25H21FN2OS. The number of rotatable bonds is 7. The first-order valence-corrected chi connectivity index (χ1v) is 10.8. The third kappa shape index (κ3) is 5.05. The van der Waals surface area contributed by atoms with Crippen LogP contribution >= 0.6 is 11.8 Å². The van der Waals surface area contributed by atoms with Crippen molar-refractivity contribution in [2.75, 3.05) is 5.75 Å². The van der Waals surface area contributed by atoms with Gasteiger partial charge in [0, 0.05) is 17.4 Å². The quantitative estimate of drug-likeness (QED) is 0.298. The predicted octanol–water partition coefficient (Wildman–Crippen LogP) is 5.43. The van der Waals surface area contributed by atoms with Crippen molar-refractivity contribution < 1.29 is 4.39 Å². The Hall–Kier alpha value is -3.18. The molecular weight excluding hydrogens is 395 g/mol. The van der Waals surface area contributed by atoms with E-state index in [1.165, 1.54) is 17.7 Å². The topological polar surface area (TPSA) is 34.9 Å². The van der Waals surface area contributed by atoms with Gasteiger partial charge in [-0.1, -0.05) is 84.6 Å². The average Bonchev–Trinajstić information content (AvgIpc) is 2.78. The second-order valence-electron chi connectivity index (χ2n) is 6.92. The Morgan fingerprint density at radius 1 is 0.833 bits per heavy atom. The second kappa shape index (κ2) is 9.55. The van der Waals surface area contributed by atoms with Crippen LogP contribution in [-0.4, -0.2) is 15.3 Å².